The fourth-order valence-electron chi connectivity index (χ4n) is 1.94. The molecule has 2 aromatic rings. The average molecular weight is 455 g/mol. The van der Waals surface area contributed by atoms with Crippen LogP contribution in [0.15, 0.2) is 36.5 Å². The van der Waals surface area contributed by atoms with E-state index in [0.29, 0.717) is 17.1 Å². The molecule has 0 unspecified atom stereocenters. The van der Waals surface area contributed by atoms with Crippen LogP contribution in [0.3, 0.4) is 0 Å². The zero-order valence-electron chi connectivity index (χ0n) is 11.6. The van der Waals surface area contributed by atoms with Gasteiger partial charge in [-0.1, -0.05) is 23.7 Å². The zero-order valence-corrected chi connectivity index (χ0v) is 14.5. The van der Waals surface area contributed by atoms with Crippen molar-refractivity contribution >= 4 is 40.1 Å². The molecule has 0 bridgehead atoms. The van der Waals surface area contributed by atoms with Crippen LogP contribution in [0, 0.1) is 3.57 Å². The second kappa shape index (κ2) is 7.48. The van der Waals surface area contributed by atoms with E-state index in [1.54, 1.807) is 12.3 Å². The Balaban J connectivity index is 2.03. The number of carbonyl (C=O) groups excluding carboxylic acids is 1. The summed E-state index contributed by atoms with van der Waals surface area (Å²) in [6.07, 6.45) is -2.62. The Labute approximate surface area is 149 Å². The summed E-state index contributed by atoms with van der Waals surface area (Å²) in [6, 6.07) is 6.39. The highest BCUT2D eigenvalue weighted by Crippen LogP contribution is 2.31. The first-order chi connectivity index (χ1) is 10.8. The maximum absolute atomic E-state index is 12.9. The summed E-state index contributed by atoms with van der Waals surface area (Å²) in [5, 5.41) is 2.92. The van der Waals surface area contributed by atoms with E-state index in [1.807, 2.05) is 0 Å². The number of amides is 1. The Morgan fingerprint density at radius 1 is 1.30 bits per heavy atom. The molecule has 0 fully saturated rings. The highest BCUT2D eigenvalue weighted by Gasteiger charge is 2.34. The van der Waals surface area contributed by atoms with E-state index < -0.39 is 23.2 Å². The van der Waals surface area contributed by atoms with Crippen LogP contribution in [-0.4, -0.2) is 17.4 Å². The quantitative estimate of drug-likeness (QED) is 0.699. The van der Waals surface area contributed by atoms with Crippen molar-refractivity contribution < 1.29 is 18.0 Å². The van der Waals surface area contributed by atoms with Gasteiger partial charge in [0.1, 0.15) is 0 Å². The average Bonchev–Trinajstić information content (AvgIpc) is 2.48. The first-order valence-corrected chi connectivity index (χ1v) is 7.99. The van der Waals surface area contributed by atoms with E-state index >= 15 is 0 Å². The lowest BCUT2D eigenvalue weighted by molar-refractivity contribution is -0.137. The summed E-state index contributed by atoms with van der Waals surface area (Å²) in [4.78, 5) is 16.1. The van der Waals surface area contributed by atoms with Gasteiger partial charge in [0.05, 0.1) is 21.8 Å². The van der Waals surface area contributed by atoms with Crippen LogP contribution in [-0.2, 0) is 12.6 Å². The van der Waals surface area contributed by atoms with E-state index in [2.05, 4.69) is 32.9 Å². The van der Waals surface area contributed by atoms with Gasteiger partial charge in [-0.25, -0.2) is 0 Å². The van der Waals surface area contributed by atoms with Crippen LogP contribution >= 0.6 is 34.2 Å². The highest BCUT2D eigenvalue weighted by atomic mass is 127. The number of pyridine rings is 1. The van der Waals surface area contributed by atoms with Crippen molar-refractivity contribution in [3.8, 4) is 0 Å². The van der Waals surface area contributed by atoms with Crippen LogP contribution in [0.5, 0.6) is 0 Å². The van der Waals surface area contributed by atoms with E-state index in [9.17, 15) is 18.0 Å². The van der Waals surface area contributed by atoms with Gasteiger partial charge in [-0.3, -0.25) is 9.78 Å². The number of rotatable bonds is 4. The minimum absolute atomic E-state index is 0.137. The molecule has 1 aromatic carbocycles. The van der Waals surface area contributed by atoms with E-state index in [0.717, 1.165) is 15.7 Å². The van der Waals surface area contributed by atoms with Crippen molar-refractivity contribution in [2.75, 3.05) is 6.54 Å². The number of hydrogen-bond acceptors (Lipinski definition) is 2. The van der Waals surface area contributed by atoms with Crippen molar-refractivity contribution in [3.05, 3.63) is 61.9 Å². The van der Waals surface area contributed by atoms with E-state index in [1.165, 1.54) is 12.1 Å². The fourth-order valence-corrected chi connectivity index (χ4v) is 2.84. The molecule has 3 nitrogen and oxygen atoms in total. The third kappa shape index (κ3) is 4.81. The minimum atomic E-state index is -4.57. The van der Waals surface area contributed by atoms with Gasteiger partial charge < -0.3 is 5.32 Å². The number of aromatic nitrogens is 1. The van der Waals surface area contributed by atoms with Gasteiger partial charge in [-0.2, -0.15) is 13.2 Å². The first-order valence-electron chi connectivity index (χ1n) is 6.53. The van der Waals surface area contributed by atoms with Crippen molar-refractivity contribution in [1.82, 2.24) is 10.3 Å². The molecular weight excluding hydrogens is 444 g/mol. The van der Waals surface area contributed by atoms with Gasteiger partial charge in [0.15, 0.2) is 0 Å². The van der Waals surface area contributed by atoms with E-state index in [4.69, 9.17) is 11.6 Å². The summed E-state index contributed by atoms with van der Waals surface area (Å²) in [7, 11) is 0. The zero-order chi connectivity index (χ0) is 17.0. The predicted molar refractivity (Wildman–Crippen MR) is 89.4 cm³/mol. The van der Waals surface area contributed by atoms with Crippen molar-refractivity contribution in [3.63, 3.8) is 0 Å². The predicted octanol–water partition coefficient (Wildman–Crippen LogP) is 4.33. The molecule has 0 atom stereocenters. The molecule has 0 saturated carbocycles. The maximum Gasteiger partial charge on any atom is 0.417 e. The topological polar surface area (TPSA) is 42.0 Å². The van der Waals surface area contributed by atoms with Crippen LogP contribution < -0.4 is 5.32 Å². The van der Waals surface area contributed by atoms with Gasteiger partial charge in [-0.15, -0.1) is 0 Å². The molecule has 1 N–H and O–H groups in total. The number of hydrogen-bond donors (Lipinski definition) is 1. The molecule has 0 radical (unpaired) electrons. The third-order valence-corrected chi connectivity index (χ3v) is 3.93. The Bertz CT molecular complexity index is 722. The summed E-state index contributed by atoms with van der Waals surface area (Å²) in [6.45, 7) is 0.137. The molecule has 0 aliphatic heterocycles. The number of nitrogens with zero attached hydrogens (tertiary/aromatic N) is 1. The SMILES string of the molecule is O=C(NCCc1ncc(I)cc1Cl)c1ccccc1C(F)(F)F. The fraction of sp³-hybridized carbons (Fsp3) is 0.200. The molecular formula is C15H11ClF3IN2O. The standard InChI is InChI=1S/C15H11ClF3IN2O/c16-12-7-9(20)8-22-13(12)5-6-21-14(23)10-3-1-2-4-11(10)15(17,18)19/h1-4,7-8H,5-6H2,(H,21,23). The lowest BCUT2D eigenvalue weighted by atomic mass is 10.1. The molecule has 2 rings (SSSR count). The number of benzene rings is 1. The van der Waals surface area contributed by atoms with Gasteiger partial charge in [0.2, 0.25) is 0 Å². The van der Waals surface area contributed by atoms with Gasteiger partial charge in [0.25, 0.3) is 5.91 Å². The van der Waals surface area contributed by atoms with Crippen molar-refractivity contribution in [2.45, 2.75) is 12.6 Å². The number of carbonyl (C=O) groups is 1. The molecule has 1 heterocycles. The normalized spacial score (nSPS) is 11.3. The monoisotopic (exact) mass is 454 g/mol. The molecule has 0 aliphatic rings. The van der Waals surface area contributed by atoms with Gasteiger partial charge in [0, 0.05) is 22.7 Å². The van der Waals surface area contributed by atoms with E-state index in [-0.39, 0.29) is 6.54 Å². The molecule has 0 aliphatic carbocycles. The number of nitrogens with one attached hydrogen (secondary N) is 1. The van der Waals surface area contributed by atoms with Crippen LogP contribution in [0.1, 0.15) is 21.6 Å². The second-order valence-corrected chi connectivity index (χ2v) is 6.28. The molecule has 1 aromatic heterocycles. The van der Waals surface area contributed by atoms with Gasteiger partial charge in [-0.05, 0) is 40.8 Å². The lowest BCUT2D eigenvalue weighted by Gasteiger charge is -2.12. The van der Waals surface area contributed by atoms with Crippen LogP contribution in [0.2, 0.25) is 5.02 Å². The van der Waals surface area contributed by atoms with Crippen LogP contribution in [0.4, 0.5) is 13.2 Å². The van der Waals surface area contributed by atoms with Crippen LogP contribution in [0.25, 0.3) is 0 Å². The third-order valence-electron chi connectivity index (χ3n) is 3.01. The number of halogens is 5. The Kier molecular flexibility index (Phi) is 5.85. The summed E-state index contributed by atoms with van der Waals surface area (Å²) in [5.41, 5.74) is -0.777. The minimum Gasteiger partial charge on any atom is -0.352 e. The first kappa shape index (κ1) is 18.0. The van der Waals surface area contributed by atoms with Crippen molar-refractivity contribution in [2.24, 2.45) is 0 Å². The molecule has 1 amide bonds. The largest absolute Gasteiger partial charge is 0.417 e. The van der Waals surface area contributed by atoms with Crippen molar-refractivity contribution in [1.29, 1.82) is 0 Å². The highest BCUT2D eigenvalue weighted by molar-refractivity contribution is 14.1. The Morgan fingerprint density at radius 2 is 2.00 bits per heavy atom. The molecule has 0 saturated heterocycles. The molecule has 8 heteroatoms. The molecule has 23 heavy (non-hydrogen) atoms. The Hall–Kier alpha value is -1.35. The molecule has 0 spiro atoms. The molecule has 122 valence electrons. The summed E-state index contributed by atoms with van der Waals surface area (Å²) >= 11 is 8.08. The summed E-state index contributed by atoms with van der Waals surface area (Å²) in [5.74, 6) is -0.778. The lowest BCUT2D eigenvalue weighted by Crippen LogP contribution is -2.28. The summed E-state index contributed by atoms with van der Waals surface area (Å²) < 4.78 is 39.5. The number of alkyl halides is 3. The smallest absolute Gasteiger partial charge is 0.352 e. The van der Waals surface area contributed by atoms with Gasteiger partial charge >= 0.3 is 6.18 Å². The Morgan fingerprint density at radius 3 is 2.65 bits per heavy atom. The maximum atomic E-state index is 12.9. The second-order valence-electron chi connectivity index (χ2n) is 4.63.